The fourth-order valence-corrected chi connectivity index (χ4v) is 2.60. The van der Waals surface area contributed by atoms with Crippen LogP contribution in [-0.4, -0.2) is 80.7 Å². The van der Waals surface area contributed by atoms with Gasteiger partial charge in [-0.1, -0.05) is 26.0 Å². The number of hydrogen-bond donors (Lipinski definition) is 1. The summed E-state index contributed by atoms with van der Waals surface area (Å²) >= 11 is 0. The molecule has 0 aliphatic rings. The standard InChI is InChI=1S/C25H44N4O5/c1-18(2)22(26)17-32-19(3)34-24(31)29(9)21-12-10-20(11-13-21)16-33-23(30)27(7)14-15-28(8)25(4,5)6/h10-13,18-19,22H,14-17,26H2,1-9H3. The monoisotopic (exact) mass is 480 g/mol. The summed E-state index contributed by atoms with van der Waals surface area (Å²) in [6.45, 7) is 13.8. The van der Waals surface area contributed by atoms with Crippen LogP contribution in [0.25, 0.3) is 0 Å². The van der Waals surface area contributed by atoms with E-state index in [-0.39, 0.29) is 30.2 Å². The molecule has 1 rings (SSSR count). The van der Waals surface area contributed by atoms with Gasteiger partial charge in [-0.05, 0) is 58.4 Å². The molecule has 0 saturated heterocycles. The van der Waals surface area contributed by atoms with E-state index in [9.17, 15) is 9.59 Å². The molecule has 194 valence electrons. The van der Waals surface area contributed by atoms with Crippen molar-refractivity contribution in [2.45, 2.75) is 66.0 Å². The summed E-state index contributed by atoms with van der Waals surface area (Å²) in [5, 5.41) is 0. The Labute approximate surface area is 205 Å². The molecule has 1 aromatic carbocycles. The maximum atomic E-state index is 12.4. The zero-order valence-corrected chi connectivity index (χ0v) is 22.3. The fourth-order valence-electron chi connectivity index (χ4n) is 2.60. The zero-order valence-electron chi connectivity index (χ0n) is 22.3. The Bertz CT molecular complexity index is 764. The van der Waals surface area contributed by atoms with Crippen molar-refractivity contribution in [1.82, 2.24) is 9.80 Å². The summed E-state index contributed by atoms with van der Waals surface area (Å²) in [5.41, 5.74) is 7.46. The van der Waals surface area contributed by atoms with E-state index in [1.807, 2.05) is 20.9 Å². The van der Waals surface area contributed by atoms with Gasteiger partial charge in [-0.3, -0.25) is 9.80 Å². The minimum atomic E-state index is -0.710. The summed E-state index contributed by atoms with van der Waals surface area (Å²) in [4.78, 5) is 29.8. The third-order valence-corrected chi connectivity index (χ3v) is 5.83. The minimum absolute atomic E-state index is 0.0401. The molecule has 0 fully saturated rings. The van der Waals surface area contributed by atoms with E-state index >= 15 is 0 Å². The van der Waals surface area contributed by atoms with Crippen LogP contribution in [0.2, 0.25) is 0 Å². The Morgan fingerprint density at radius 2 is 1.56 bits per heavy atom. The number of carbonyl (C=O) groups excluding carboxylic acids is 2. The van der Waals surface area contributed by atoms with E-state index in [1.54, 1.807) is 50.2 Å². The topological polar surface area (TPSA) is 97.6 Å². The summed E-state index contributed by atoms with van der Waals surface area (Å²) in [6, 6.07) is 7.03. The highest BCUT2D eigenvalue weighted by molar-refractivity contribution is 5.87. The van der Waals surface area contributed by atoms with Crippen molar-refractivity contribution in [1.29, 1.82) is 0 Å². The van der Waals surface area contributed by atoms with Gasteiger partial charge < -0.3 is 24.8 Å². The normalized spacial score (nSPS) is 13.5. The molecular formula is C25H44N4O5. The smallest absolute Gasteiger partial charge is 0.416 e. The maximum Gasteiger partial charge on any atom is 0.416 e. The molecule has 0 aliphatic heterocycles. The fraction of sp³-hybridized carbons (Fsp3) is 0.680. The first-order valence-corrected chi connectivity index (χ1v) is 11.7. The summed E-state index contributed by atoms with van der Waals surface area (Å²) in [5.74, 6) is 0.277. The van der Waals surface area contributed by atoms with Crippen LogP contribution in [0.5, 0.6) is 0 Å². The highest BCUT2D eigenvalue weighted by Gasteiger charge is 2.20. The van der Waals surface area contributed by atoms with E-state index in [0.717, 1.165) is 12.1 Å². The molecule has 34 heavy (non-hydrogen) atoms. The zero-order chi connectivity index (χ0) is 26.1. The molecule has 1 aromatic rings. The van der Waals surface area contributed by atoms with E-state index in [1.165, 1.54) is 4.90 Å². The molecule has 9 heteroatoms. The molecule has 0 bridgehead atoms. The predicted octanol–water partition coefficient (Wildman–Crippen LogP) is 3.90. The molecule has 2 N–H and O–H groups in total. The van der Waals surface area contributed by atoms with Gasteiger partial charge in [0.15, 0.2) is 0 Å². The number of likely N-dealkylation sites (N-methyl/N-ethyl adjacent to an activating group) is 2. The van der Waals surface area contributed by atoms with Crippen LogP contribution >= 0.6 is 0 Å². The van der Waals surface area contributed by atoms with E-state index in [0.29, 0.717) is 18.8 Å². The van der Waals surface area contributed by atoms with Gasteiger partial charge in [0.05, 0.1) is 6.61 Å². The quantitative estimate of drug-likeness (QED) is 0.480. The second kappa shape index (κ2) is 13.5. The van der Waals surface area contributed by atoms with Crippen molar-refractivity contribution >= 4 is 17.9 Å². The molecule has 0 radical (unpaired) electrons. The van der Waals surface area contributed by atoms with Crippen molar-refractivity contribution in [3.05, 3.63) is 29.8 Å². The van der Waals surface area contributed by atoms with Crippen molar-refractivity contribution in [2.24, 2.45) is 11.7 Å². The van der Waals surface area contributed by atoms with Gasteiger partial charge in [0.1, 0.15) is 6.61 Å². The first-order valence-electron chi connectivity index (χ1n) is 11.7. The lowest BCUT2D eigenvalue weighted by Gasteiger charge is -2.33. The van der Waals surface area contributed by atoms with E-state index in [2.05, 4.69) is 25.7 Å². The average Bonchev–Trinajstić information content (AvgIpc) is 2.77. The van der Waals surface area contributed by atoms with Gasteiger partial charge in [0.25, 0.3) is 0 Å². The molecule has 9 nitrogen and oxygen atoms in total. The lowest BCUT2D eigenvalue weighted by Crippen LogP contribution is -2.43. The number of carbonyl (C=O) groups is 2. The third-order valence-electron chi connectivity index (χ3n) is 5.83. The molecule has 2 amide bonds. The molecule has 0 heterocycles. The molecule has 0 spiro atoms. The second-order valence-electron chi connectivity index (χ2n) is 9.99. The molecule has 0 aliphatic carbocycles. The van der Waals surface area contributed by atoms with Crippen LogP contribution in [0.4, 0.5) is 15.3 Å². The van der Waals surface area contributed by atoms with Crippen LogP contribution in [-0.2, 0) is 20.8 Å². The van der Waals surface area contributed by atoms with Crippen molar-refractivity contribution in [2.75, 3.05) is 45.7 Å². The lowest BCUT2D eigenvalue weighted by atomic mass is 10.1. The van der Waals surface area contributed by atoms with Crippen LogP contribution in [0.15, 0.2) is 24.3 Å². The largest absolute Gasteiger partial charge is 0.445 e. The number of rotatable bonds is 11. The molecule has 2 unspecified atom stereocenters. The highest BCUT2D eigenvalue weighted by Crippen LogP contribution is 2.17. The Hall–Kier alpha value is -2.36. The Morgan fingerprint density at radius 3 is 2.09 bits per heavy atom. The maximum absolute atomic E-state index is 12.4. The Morgan fingerprint density at radius 1 is 0.971 bits per heavy atom. The molecular weight excluding hydrogens is 436 g/mol. The van der Waals surface area contributed by atoms with Crippen LogP contribution < -0.4 is 10.6 Å². The average molecular weight is 481 g/mol. The van der Waals surface area contributed by atoms with Gasteiger partial charge >= 0.3 is 12.2 Å². The van der Waals surface area contributed by atoms with Crippen LogP contribution in [0, 0.1) is 5.92 Å². The highest BCUT2D eigenvalue weighted by atomic mass is 16.7. The lowest BCUT2D eigenvalue weighted by molar-refractivity contribution is -0.0948. The molecule has 0 aromatic heterocycles. The number of amides is 2. The predicted molar refractivity (Wildman–Crippen MR) is 135 cm³/mol. The van der Waals surface area contributed by atoms with E-state index < -0.39 is 12.4 Å². The SMILES string of the molecule is CC(OCC(N)C(C)C)OC(=O)N(C)c1ccc(COC(=O)N(C)CCN(C)C(C)(C)C)cc1. The number of nitrogens with zero attached hydrogens (tertiary/aromatic N) is 3. The van der Waals surface area contributed by atoms with Crippen LogP contribution in [0.1, 0.15) is 47.1 Å². The summed E-state index contributed by atoms with van der Waals surface area (Å²) in [7, 11) is 5.38. The number of ether oxygens (including phenoxy) is 3. The number of hydrogen-bond acceptors (Lipinski definition) is 7. The van der Waals surface area contributed by atoms with Gasteiger partial charge in [0, 0.05) is 44.5 Å². The number of benzene rings is 1. The number of nitrogens with two attached hydrogens (primary N) is 1. The summed E-state index contributed by atoms with van der Waals surface area (Å²) < 4.78 is 16.2. The number of anilines is 1. The van der Waals surface area contributed by atoms with Gasteiger partial charge in [0.2, 0.25) is 6.29 Å². The van der Waals surface area contributed by atoms with Crippen molar-refractivity contribution in [3.63, 3.8) is 0 Å². The first kappa shape index (κ1) is 29.7. The van der Waals surface area contributed by atoms with Crippen molar-refractivity contribution < 1.29 is 23.8 Å². The Balaban J connectivity index is 2.49. The summed E-state index contributed by atoms with van der Waals surface area (Å²) in [6.07, 6.45) is -1.62. The minimum Gasteiger partial charge on any atom is -0.445 e. The van der Waals surface area contributed by atoms with Crippen molar-refractivity contribution in [3.8, 4) is 0 Å². The molecule has 2 atom stereocenters. The third kappa shape index (κ3) is 10.3. The van der Waals surface area contributed by atoms with Gasteiger partial charge in [-0.2, -0.15) is 0 Å². The van der Waals surface area contributed by atoms with Gasteiger partial charge in [-0.15, -0.1) is 0 Å². The first-order chi connectivity index (χ1) is 15.7. The van der Waals surface area contributed by atoms with Crippen LogP contribution in [0.3, 0.4) is 0 Å². The van der Waals surface area contributed by atoms with E-state index in [4.69, 9.17) is 19.9 Å². The second-order valence-corrected chi connectivity index (χ2v) is 9.99. The van der Waals surface area contributed by atoms with Gasteiger partial charge in [-0.25, -0.2) is 9.59 Å². The molecule has 0 saturated carbocycles. The Kier molecular flexibility index (Phi) is 11.8.